The Kier molecular flexibility index (Phi) is 3.28. The molecule has 0 fully saturated rings. The number of carbonyl (C=O) groups is 1. The first-order valence-electron chi connectivity index (χ1n) is 6.84. The van der Waals surface area contributed by atoms with Crippen LogP contribution < -0.4 is 4.90 Å². The van der Waals surface area contributed by atoms with Gasteiger partial charge in [-0.2, -0.15) is 0 Å². The highest BCUT2D eigenvalue weighted by Gasteiger charge is 2.32. The molecule has 1 N–H and O–H groups in total. The number of anilines is 1. The third-order valence-electron chi connectivity index (χ3n) is 3.80. The number of fused-ring (bicyclic) bond motifs is 1. The highest BCUT2D eigenvalue weighted by molar-refractivity contribution is 6.07. The van der Waals surface area contributed by atoms with Crippen LogP contribution in [-0.2, 0) is 0 Å². The summed E-state index contributed by atoms with van der Waals surface area (Å²) in [7, 11) is 0. The summed E-state index contributed by atoms with van der Waals surface area (Å²) in [6.07, 6.45) is 0.0660. The molecule has 102 valence electrons. The summed E-state index contributed by atoms with van der Waals surface area (Å²) in [6.45, 7) is 1.97. The normalized spacial score (nSPS) is 21.4. The van der Waals surface area contributed by atoms with Gasteiger partial charge in [0.1, 0.15) is 0 Å². The fourth-order valence-electron chi connectivity index (χ4n) is 2.81. The number of hydrogen-bond donors (Lipinski definition) is 1. The minimum Gasteiger partial charge on any atom is -0.388 e. The maximum Gasteiger partial charge on any atom is 0.258 e. The zero-order valence-electron chi connectivity index (χ0n) is 11.4. The molecule has 1 aliphatic rings. The Balaban J connectivity index is 2.05. The monoisotopic (exact) mass is 267 g/mol. The summed E-state index contributed by atoms with van der Waals surface area (Å²) in [5.74, 6) is -0.0162. The summed E-state index contributed by atoms with van der Waals surface area (Å²) in [5, 5.41) is 10.2. The van der Waals surface area contributed by atoms with Crippen LogP contribution in [0.25, 0.3) is 0 Å². The van der Waals surface area contributed by atoms with E-state index in [0.29, 0.717) is 12.0 Å². The summed E-state index contributed by atoms with van der Waals surface area (Å²) >= 11 is 0. The molecule has 0 bridgehead atoms. The molecule has 0 aliphatic carbocycles. The Hall–Kier alpha value is -2.13. The zero-order chi connectivity index (χ0) is 14.1. The topological polar surface area (TPSA) is 40.5 Å². The van der Waals surface area contributed by atoms with E-state index in [-0.39, 0.29) is 11.9 Å². The fourth-order valence-corrected chi connectivity index (χ4v) is 2.81. The molecule has 20 heavy (non-hydrogen) atoms. The van der Waals surface area contributed by atoms with Gasteiger partial charge in [0.2, 0.25) is 0 Å². The van der Waals surface area contributed by atoms with Crippen molar-refractivity contribution in [1.82, 2.24) is 0 Å². The van der Waals surface area contributed by atoms with Gasteiger partial charge in [0, 0.05) is 17.2 Å². The van der Waals surface area contributed by atoms with Crippen LogP contribution in [-0.4, -0.2) is 17.1 Å². The van der Waals surface area contributed by atoms with Gasteiger partial charge >= 0.3 is 0 Å². The van der Waals surface area contributed by atoms with Crippen LogP contribution in [0.3, 0.4) is 0 Å². The van der Waals surface area contributed by atoms with Crippen molar-refractivity contribution in [2.24, 2.45) is 0 Å². The van der Waals surface area contributed by atoms with Crippen molar-refractivity contribution < 1.29 is 9.90 Å². The SMILES string of the molecule is C[C@@H]1C[C@H](O)c2ccccc2N1C(=O)c1ccccc1. The van der Waals surface area contributed by atoms with Gasteiger partial charge in [-0.3, -0.25) is 4.79 Å². The van der Waals surface area contributed by atoms with Crippen LogP contribution in [0.4, 0.5) is 5.69 Å². The van der Waals surface area contributed by atoms with Crippen molar-refractivity contribution in [2.75, 3.05) is 4.90 Å². The lowest BCUT2D eigenvalue weighted by Gasteiger charge is -2.37. The molecule has 3 heteroatoms. The Labute approximate surface area is 118 Å². The fraction of sp³-hybridized carbons (Fsp3) is 0.235. The molecule has 0 unspecified atom stereocenters. The molecule has 1 heterocycles. The third kappa shape index (κ3) is 2.10. The van der Waals surface area contributed by atoms with Crippen LogP contribution in [0.5, 0.6) is 0 Å². The maximum absolute atomic E-state index is 12.7. The van der Waals surface area contributed by atoms with Gasteiger partial charge in [-0.1, -0.05) is 36.4 Å². The number of amides is 1. The first-order chi connectivity index (χ1) is 9.68. The molecular formula is C17H17NO2. The highest BCUT2D eigenvalue weighted by atomic mass is 16.3. The smallest absolute Gasteiger partial charge is 0.258 e. The Morgan fingerprint density at radius 1 is 1.10 bits per heavy atom. The number of para-hydroxylation sites is 1. The van der Waals surface area contributed by atoms with Crippen molar-refractivity contribution in [1.29, 1.82) is 0 Å². The number of carbonyl (C=O) groups excluding carboxylic acids is 1. The molecule has 1 amide bonds. The van der Waals surface area contributed by atoms with Crippen molar-refractivity contribution in [3.05, 3.63) is 65.7 Å². The lowest BCUT2D eigenvalue weighted by molar-refractivity contribution is 0.0949. The molecule has 2 atom stereocenters. The van der Waals surface area contributed by atoms with Gasteiger partial charge < -0.3 is 10.0 Å². The molecule has 3 nitrogen and oxygen atoms in total. The number of nitrogens with zero attached hydrogens (tertiary/aromatic N) is 1. The summed E-state index contributed by atoms with van der Waals surface area (Å²) in [4.78, 5) is 14.5. The van der Waals surface area contributed by atoms with E-state index in [9.17, 15) is 9.90 Å². The minimum atomic E-state index is -0.499. The predicted octanol–water partition coefficient (Wildman–Crippen LogP) is 3.16. The van der Waals surface area contributed by atoms with E-state index >= 15 is 0 Å². The van der Waals surface area contributed by atoms with Crippen LogP contribution in [0.15, 0.2) is 54.6 Å². The zero-order valence-corrected chi connectivity index (χ0v) is 11.4. The molecule has 0 aromatic heterocycles. The number of aliphatic hydroxyl groups is 1. The van der Waals surface area contributed by atoms with Crippen LogP contribution in [0.2, 0.25) is 0 Å². The van der Waals surface area contributed by atoms with E-state index in [4.69, 9.17) is 0 Å². The summed E-state index contributed by atoms with van der Waals surface area (Å²) in [6, 6.07) is 16.8. The number of hydrogen-bond acceptors (Lipinski definition) is 2. The van der Waals surface area contributed by atoms with Gasteiger partial charge in [-0.25, -0.2) is 0 Å². The average molecular weight is 267 g/mol. The van der Waals surface area contributed by atoms with Crippen molar-refractivity contribution in [3.63, 3.8) is 0 Å². The van der Waals surface area contributed by atoms with E-state index < -0.39 is 6.10 Å². The van der Waals surface area contributed by atoms with Gasteiger partial charge in [0.15, 0.2) is 0 Å². The first-order valence-corrected chi connectivity index (χ1v) is 6.84. The second-order valence-electron chi connectivity index (χ2n) is 5.20. The van der Waals surface area contributed by atoms with E-state index in [2.05, 4.69) is 0 Å². The summed E-state index contributed by atoms with van der Waals surface area (Å²) < 4.78 is 0. The maximum atomic E-state index is 12.7. The number of aliphatic hydroxyl groups excluding tert-OH is 1. The van der Waals surface area contributed by atoms with E-state index in [1.54, 1.807) is 4.90 Å². The second kappa shape index (κ2) is 5.10. The third-order valence-corrected chi connectivity index (χ3v) is 3.80. The second-order valence-corrected chi connectivity index (χ2v) is 5.20. The van der Waals surface area contributed by atoms with Gasteiger partial charge in [0.05, 0.1) is 11.8 Å². The quantitative estimate of drug-likeness (QED) is 0.862. The van der Waals surface area contributed by atoms with Crippen molar-refractivity contribution in [2.45, 2.75) is 25.5 Å². The largest absolute Gasteiger partial charge is 0.388 e. The van der Waals surface area contributed by atoms with E-state index in [0.717, 1.165) is 11.3 Å². The molecule has 0 radical (unpaired) electrons. The molecule has 0 saturated carbocycles. The van der Waals surface area contributed by atoms with Crippen LogP contribution in [0.1, 0.15) is 35.4 Å². The highest BCUT2D eigenvalue weighted by Crippen LogP contribution is 2.37. The predicted molar refractivity (Wildman–Crippen MR) is 78.7 cm³/mol. The van der Waals surface area contributed by atoms with E-state index in [1.165, 1.54) is 0 Å². The van der Waals surface area contributed by atoms with Gasteiger partial charge in [-0.05, 0) is 31.5 Å². The Morgan fingerprint density at radius 3 is 2.50 bits per heavy atom. The summed E-state index contributed by atoms with van der Waals surface area (Å²) in [5.41, 5.74) is 2.31. The van der Waals surface area contributed by atoms with Crippen molar-refractivity contribution in [3.8, 4) is 0 Å². The number of rotatable bonds is 1. The van der Waals surface area contributed by atoms with Gasteiger partial charge in [0.25, 0.3) is 5.91 Å². The molecule has 0 spiro atoms. The standard InChI is InChI=1S/C17H17NO2/c1-12-11-16(19)14-9-5-6-10-15(14)18(12)17(20)13-7-3-2-4-8-13/h2-10,12,16,19H,11H2,1H3/t12-,16+/m1/s1. The molecule has 2 aromatic rings. The molecular weight excluding hydrogens is 250 g/mol. The number of benzene rings is 2. The average Bonchev–Trinajstić information content (AvgIpc) is 2.48. The first kappa shape index (κ1) is 12.9. The Morgan fingerprint density at radius 2 is 1.75 bits per heavy atom. The van der Waals surface area contributed by atoms with Crippen LogP contribution >= 0.6 is 0 Å². The molecule has 2 aromatic carbocycles. The molecule has 1 aliphatic heterocycles. The Bertz CT molecular complexity index is 624. The van der Waals surface area contributed by atoms with Gasteiger partial charge in [-0.15, -0.1) is 0 Å². The minimum absolute atomic E-state index is 0.0162. The molecule has 3 rings (SSSR count). The lowest BCUT2D eigenvalue weighted by atomic mass is 9.93. The lowest BCUT2D eigenvalue weighted by Crippen LogP contribution is -2.43. The van der Waals surface area contributed by atoms with Crippen molar-refractivity contribution >= 4 is 11.6 Å². The van der Waals surface area contributed by atoms with E-state index in [1.807, 2.05) is 61.5 Å². The van der Waals surface area contributed by atoms with Crippen LogP contribution in [0, 0.1) is 0 Å². The molecule has 0 saturated heterocycles.